The standard InChI is InChI=1S/C16H24N2O/c1-12(11-14-7-8-14)18-16(19)15(17)10-9-13-5-3-2-4-6-13/h2-6,12,14-15H,7-11,17H2,1H3,(H,18,19)/t12?,15-/m0/s1. The zero-order chi connectivity index (χ0) is 13.7. The Hall–Kier alpha value is -1.35. The Morgan fingerprint density at radius 2 is 2.05 bits per heavy atom. The van der Waals surface area contributed by atoms with Gasteiger partial charge in [0.2, 0.25) is 5.91 Å². The predicted octanol–water partition coefficient (Wildman–Crippen LogP) is 2.25. The Morgan fingerprint density at radius 1 is 1.37 bits per heavy atom. The second kappa shape index (κ2) is 6.71. The van der Waals surface area contributed by atoms with Gasteiger partial charge < -0.3 is 11.1 Å². The first-order chi connectivity index (χ1) is 9.15. The number of nitrogens with one attached hydrogen (secondary N) is 1. The molecule has 0 heterocycles. The molecule has 1 aliphatic rings. The van der Waals surface area contributed by atoms with E-state index in [0.29, 0.717) is 6.42 Å². The van der Waals surface area contributed by atoms with Crippen LogP contribution in [0.15, 0.2) is 30.3 Å². The van der Waals surface area contributed by atoms with Gasteiger partial charge in [-0.25, -0.2) is 0 Å². The summed E-state index contributed by atoms with van der Waals surface area (Å²) < 4.78 is 0. The molecular formula is C16H24N2O. The minimum atomic E-state index is -0.401. The van der Waals surface area contributed by atoms with Crippen molar-refractivity contribution in [1.82, 2.24) is 5.32 Å². The lowest BCUT2D eigenvalue weighted by Crippen LogP contribution is -2.44. The number of carbonyl (C=O) groups excluding carboxylic acids is 1. The van der Waals surface area contributed by atoms with E-state index in [1.807, 2.05) is 18.2 Å². The maximum Gasteiger partial charge on any atom is 0.237 e. The number of amides is 1. The fraction of sp³-hybridized carbons (Fsp3) is 0.562. The van der Waals surface area contributed by atoms with Gasteiger partial charge >= 0.3 is 0 Å². The van der Waals surface area contributed by atoms with E-state index in [-0.39, 0.29) is 11.9 Å². The molecule has 0 spiro atoms. The Bertz CT molecular complexity index is 400. The Morgan fingerprint density at radius 3 is 2.68 bits per heavy atom. The van der Waals surface area contributed by atoms with Crippen LogP contribution in [0.3, 0.4) is 0 Å². The monoisotopic (exact) mass is 260 g/mol. The van der Waals surface area contributed by atoms with Crippen molar-refractivity contribution in [2.75, 3.05) is 0 Å². The van der Waals surface area contributed by atoms with E-state index in [0.717, 1.165) is 18.8 Å². The van der Waals surface area contributed by atoms with Crippen molar-refractivity contribution in [2.45, 2.75) is 51.1 Å². The Kier molecular flexibility index (Phi) is 4.97. The summed E-state index contributed by atoms with van der Waals surface area (Å²) in [6.07, 6.45) is 5.29. The Labute approximate surface area is 115 Å². The molecule has 2 rings (SSSR count). The zero-order valence-corrected chi connectivity index (χ0v) is 11.6. The fourth-order valence-corrected chi connectivity index (χ4v) is 2.36. The first-order valence-corrected chi connectivity index (χ1v) is 7.25. The second-order valence-electron chi connectivity index (χ2n) is 5.72. The predicted molar refractivity (Wildman–Crippen MR) is 77.7 cm³/mol. The lowest BCUT2D eigenvalue weighted by molar-refractivity contribution is -0.123. The van der Waals surface area contributed by atoms with Crippen LogP contribution in [0, 0.1) is 5.92 Å². The van der Waals surface area contributed by atoms with E-state index in [2.05, 4.69) is 24.4 Å². The zero-order valence-electron chi connectivity index (χ0n) is 11.6. The van der Waals surface area contributed by atoms with Gasteiger partial charge in [-0.3, -0.25) is 4.79 Å². The van der Waals surface area contributed by atoms with Gasteiger partial charge in [0.1, 0.15) is 0 Å². The van der Waals surface area contributed by atoms with Crippen molar-refractivity contribution in [3.8, 4) is 0 Å². The largest absolute Gasteiger partial charge is 0.352 e. The molecule has 104 valence electrons. The topological polar surface area (TPSA) is 55.1 Å². The average molecular weight is 260 g/mol. The molecule has 19 heavy (non-hydrogen) atoms. The molecule has 1 aliphatic carbocycles. The summed E-state index contributed by atoms with van der Waals surface area (Å²) in [6, 6.07) is 10.0. The molecule has 3 heteroatoms. The number of hydrogen-bond acceptors (Lipinski definition) is 2. The first kappa shape index (κ1) is 14.1. The quantitative estimate of drug-likeness (QED) is 0.790. The summed E-state index contributed by atoms with van der Waals surface area (Å²) >= 11 is 0. The summed E-state index contributed by atoms with van der Waals surface area (Å²) in [5.41, 5.74) is 7.18. The summed E-state index contributed by atoms with van der Waals surface area (Å²) in [5, 5.41) is 3.02. The number of carbonyl (C=O) groups is 1. The van der Waals surface area contributed by atoms with Crippen LogP contribution < -0.4 is 11.1 Å². The third kappa shape index (κ3) is 5.03. The summed E-state index contributed by atoms with van der Waals surface area (Å²) in [6.45, 7) is 2.07. The molecule has 1 fully saturated rings. The van der Waals surface area contributed by atoms with Gasteiger partial charge in [-0.15, -0.1) is 0 Å². The van der Waals surface area contributed by atoms with Crippen molar-refractivity contribution in [2.24, 2.45) is 11.7 Å². The van der Waals surface area contributed by atoms with Crippen LogP contribution in [0.4, 0.5) is 0 Å². The van der Waals surface area contributed by atoms with Crippen LogP contribution in [0.1, 0.15) is 38.2 Å². The number of rotatable bonds is 7. The third-order valence-electron chi connectivity index (χ3n) is 3.70. The van der Waals surface area contributed by atoms with Gasteiger partial charge in [0.05, 0.1) is 6.04 Å². The number of hydrogen-bond donors (Lipinski definition) is 2. The smallest absolute Gasteiger partial charge is 0.237 e. The van der Waals surface area contributed by atoms with Crippen LogP contribution in [-0.4, -0.2) is 18.0 Å². The van der Waals surface area contributed by atoms with Crippen molar-refractivity contribution in [1.29, 1.82) is 0 Å². The molecule has 0 aromatic heterocycles. The first-order valence-electron chi connectivity index (χ1n) is 7.25. The van der Waals surface area contributed by atoms with Gasteiger partial charge in [-0.2, -0.15) is 0 Å². The van der Waals surface area contributed by atoms with Gasteiger partial charge in [0.15, 0.2) is 0 Å². The number of nitrogens with two attached hydrogens (primary N) is 1. The summed E-state index contributed by atoms with van der Waals surface area (Å²) in [4.78, 5) is 11.9. The minimum Gasteiger partial charge on any atom is -0.352 e. The normalized spacial score (nSPS) is 17.8. The maximum atomic E-state index is 11.9. The number of aryl methyl sites for hydroxylation is 1. The maximum absolute atomic E-state index is 11.9. The SMILES string of the molecule is CC(CC1CC1)NC(=O)[C@@H](N)CCc1ccccc1. The average Bonchev–Trinajstić information content (AvgIpc) is 3.20. The van der Waals surface area contributed by atoms with Crippen LogP contribution in [0.2, 0.25) is 0 Å². The van der Waals surface area contributed by atoms with Gasteiger partial charge in [0.25, 0.3) is 0 Å². The molecule has 1 unspecified atom stereocenters. The molecule has 1 amide bonds. The van der Waals surface area contributed by atoms with Gasteiger partial charge in [0, 0.05) is 6.04 Å². The van der Waals surface area contributed by atoms with E-state index < -0.39 is 6.04 Å². The van der Waals surface area contributed by atoms with E-state index >= 15 is 0 Å². The minimum absolute atomic E-state index is 0.0101. The van der Waals surface area contributed by atoms with Crippen LogP contribution >= 0.6 is 0 Å². The van der Waals surface area contributed by atoms with Crippen molar-refractivity contribution in [3.05, 3.63) is 35.9 Å². The molecule has 3 N–H and O–H groups in total. The molecule has 2 atom stereocenters. The van der Waals surface area contributed by atoms with Crippen LogP contribution in [0.25, 0.3) is 0 Å². The highest BCUT2D eigenvalue weighted by molar-refractivity contribution is 5.81. The molecule has 0 radical (unpaired) electrons. The molecule has 0 bridgehead atoms. The van der Waals surface area contributed by atoms with Crippen LogP contribution in [0.5, 0.6) is 0 Å². The summed E-state index contributed by atoms with van der Waals surface area (Å²) in [5.74, 6) is 0.819. The van der Waals surface area contributed by atoms with E-state index in [9.17, 15) is 4.79 Å². The highest BCUT2D eigenvalue weighted by Crippen LogP contribution is 2.33. The van der Waals surface area contributed by atoms with Gasteiger partial charge in [-0.1, -0.05) is 43.2 Å². The van der Waals surface area contributed by atoms with E-state index in [1.165, 1.54) is 18.4 Å². The molecule has 1 aromatic rings. The van der Waals surface area contributed by atoms with Crippen LogP contribution in [-0.2, 0) is 11.2 Å². The summed E-state index contributed by atoms with van der Waals surface area (Å²) in [7, 11) is 0. The molecule has 1 saturated carbocycles. The second-order valence-corrected chi connectivity index (χ2v) is 5.72. The third-order valence-corrected chi connectivity index (χ3v) is 3.70. The molecule has 3 nitrogen and oxygen atoms in total. The van der Waals surface area contributed by atoms with Crippen molar-refractivity contribution < 1.29 is 4.79 Å². The highest BCUT2D eigenvalue weighted by atomic mass is 16.2. The molecule has 0 aliphatic heterocycles. The van der Waals surface area contributed by atoms with Crippen molar-refractivity contribution in [3.63, 3.8) is 0 Å². The fourth-order valence-electron chi connectivity index (χ4n) is 2.36. The molecular weight excluding hydrogens is 236 g/mol. The van der Waals surface area contributed by atoms with E-state index in [1.54, 1.807) is 0 Å². The lowest BCUT2D eigenvalue weighted by Gasteiger charge is -2.17. The molecule has 0 saturated heterocycles. The van der Waals surface area contributed by atoms with E-state index in [4.69, 9.17) is 5.73 Å². The van der Waals surface area contributed by atoms with Gasteiger partial charge in [-0.05, 0) is 37.7 Å². The Balaban J connectivity index is 1.69. The highest BCUT2D eigenvalue weighted by Gasteiger charge is 2.25. The van der Waals surface area contributed by atoms with Crippen molar-refractivity contribution >= 4 is 5.91 Å². The molecule has 1 aromatic carbocycles. The number of benzene rings is 1. The lowest BCUT2D eigenvalue weighted by atomic mass is 10.0.